The topological polar surface area (TPSA) is 44.9 Å². The van der Waals surface area contributed by atoms with E-state index < -0.39 is 17.7 Å². The van der Waals surface area contributed by atoms with Crippen molar-refractivity contribution in [2.45, 2.75) is 38.3 Å². The Kier molecular flexibility index (Phi) is 6.07. The van der Waals surface area contributed by atoms with Crippen molar-refractivity contribution in [1.29, 1.82) is 0 Å². The molecule has 1 aromatic heterocycles. The van der Waals surface area contributed by atoms with Gasteiger partial charge >= 0.3 is 6.18 Å². The Morgan fingerprint density at radius 1 is 1.07 bits per heavy atom. The number of aromatic nitrogens is 1. The van der Waals surface area contributed by atoms with E-state index in [0.29, 0.717) is 12.1 Å². The fraction of sp³-hybridized carbons (Fsp3) is 0.318. The number of amides is 1. The molecule has 0 spiro atoms. The molecule has 3 aromatic rings. The Labute approximate surface area is 162 Å². The molecule has 2 N–H and O–H groups in total. The van der Waals surface area contributed by atoms with Crippen LogP contribution in [0.3, 0.4) is 0 Å². The van der Waals surface area contributed by atoms with Gasteiger partial charge in [-0.1, -0.05) is 49.7 Å². The number of benzene rings is 2. The van der Waals surface area contributed by atoms with Crippen molar-refractivity contribution in [2.24, 2.45) is 0 Å². The molecule has 0 aliphatic rings. The molecule has 1 amide bonds. The minimum atomic E-state index is -4.49. The minimum Gasteiger partial charge on any atom is -0.361 e. The van der Waals surface area contributed by atoms with Gasteiger partial charge in [-0.2, -0.15) is 13.2 Å². The number of H-pyrrole nitrogens is 1. The molecule has 0 saturated carbocycles. The molecule has 2 aromatic carbocycles. The monoisotopic (exact) mass is 388 g/mol. The van der Waals surface area contributed by atoms with Crippen LogP contribution in [0.4, 0.5) is 13.2 Å². The first-order chi connectivity index (χ1) is 13.4. The van der Waals surface area contributed by atoms with Crippen molar-refractivity contribution in [3.05, 3.63) is 71.4 Å². The molecule has 1 atom stereocenters. The van der Waals surface area contributed by atoms with Crippen LogP contribution in [-0.2, 0) is 11.0 Å². The van der Waals surface area contributed by atoms with Gasteiger partial charge in [0.1, 0.15) is 0 Å². The maximum atomic E-state index is 13.6. The Hall–Kier alpha value is -2.76. The van der Waals surface area contributed by atoms with Gasteiger partial charge in [-0.05, 0) is 29.7 Å². The average Bonchev–Trinajstić information content (AvgIpc) is 3.10. The molecule has 1 unspecified atom stereocenters. The van der Waals surface area contributed by atoms with Crippen molar-refractivity contribution >= 4 is 16.8 Å². The summed E-state index contributed by atoms with van der Waals surface area (Å²) in [4.78, 5) is 15.6. The van der Waals surface area contributed by atoms with Gasteiger partial charge in [0.25, 0.3) is 0 Å². The normalized spacial score (nSPS) is 12.9. The van der Waals surface area contributed by atoms with Crippen molar-refractivity contribution in [3.8, 4) is 0 Å². The van der Waals surface area contributed by atoms with Crippen LogP contribution in [0.5, 0.6) is 0 Å². The Balaban J connectivity index is 2.05. The highest BCUT2D eigenvalue weighted by Crippen LogP contribution is 2.40. The van der Waals surface area contributed by atoms with Crippen LogP contribution in [0.1, 0.15) is 48.8 Å². The minimum absolute atomic E-state index is 0.0430. The van der Waals surface area contributed by atoms with Gasteiger partial charge < -0.3 is 10.3 Å². The number of alkyl halides is 3. The Morgan fingerprint density at radius 2 is 1.79 bits per heavy atom. The molecule has 0 aliphatic carbocycles. The largest absolute Gasteiger partial charge is 0.416 e. The number of rotatable bonds is 7. The fourth-order valence-electron chi connectivity index (χ4n) is 3.49. The molecular weight excluding hydrogens is 365 g/mol. The molecule has 0 radical (unpaired) electrons. The van der Waals surface area contributed by atoms with Crippen molar-refractivity contribution in [1.82, 2.24) is 10.3 Å². The first kappa shape index (κ1) is 20.0. The van der Waals surface area contributed by atoms with E-state index >= 15 is 0 Å². The summed E-state index contributed by atoms with van der Waals surface area (Å²) >= 11 is 0. The smallest absolute Gasteiger partial charge is 0.361 e. The van der Waals surface area contributed by atoms with E-state index in [9.17, 15) is 18.0 Å². The predicted molar refractivity (Wildman–Crippen MR) is 104 cm³/mol. The molecule has 148 valence electrons. The number of fused-ring (bicyclic) bond motifs is 1. The van der Waals surface area contributed by atoms with Crippen LogP contribution in [0.25, 0.3) is 10.9 Å². The van der Waals surface area contributed by atoms with Crippen LogP contribution in [0.2, 0.25) is 0 Å². The number of unbranched alkanes of at least 4 members (excludes halogenated alkanes) is 1. The number of carbonyl (C=O) groups is 1. The zero-order chi connectivity index (χ0) is 20.1. The lowest BCUT2D eigenvalue weighted by atomic mass is 9.85. The summed E-state index contributed by atoms with van der Waals surface area (Å²) in [6.45, 7) is 2.54. The molecule has 3 rings (SSSR count). The van der Waals surface area contributed by atoms with Crippen LogP contribution < -0.4 is 5.32 Å². The second-order valence-corrected chi connectivity index (χ2v) is 6.83. The number of hydrogen-bond acceptors (Lipinski definition) is 1. The molecule has 0 saturated heterocycles. The third-order valence-electron chi connectivity index (χ3n) is 4.88. The van der Waals surface area contributed by atoms with E-state index in [1.807, 2.05) is 31.2 Å². The Morgan fingerprint density at radius 3 is 2.54 bits per heavy atom. The second-order valence-electron chi connectivity index (χ2n) is 6.83. The maximum absolute atomic E-state index is 13.6. The summed E-state index contributed by atoms with van der Waals surface area (Å²) in [5, 5.41) is 3.65. The van der Waals surface area contributed by atoms with Crippen molar-refractivity contribution in [2.75, 3.05) is 6.54 Å². The first-order valence-electron chi connectivity index (χ1n) is 9.40. The van der Waals surface area contributed by atoms with Gasteiger partial charge in [0.2, 0.25) is 5.91 Å². The molecule has 3 nitrogen and oxygen atoms in total. The third-order valence-corrected chi connectivity index (χ3v) is 4.88. The van der Waals surface area contributed by atoms with Gasteiger partial charge in [0, 0.05) is 36.0 Å². The summed E-state index contributed by atoms with van der Waals surface area (Å²) < 4.78 is 40.9. The van der Waals surface area contributed by atoms with Crippen LogP contribution in [-0.4, -0.2) is 17.4 Å². The van der Waals surface area contributed by atoms with Crippen LogP contribution in [0.15, 0.2) is 54.7 Å². The molecule has 6 heteroatoms. The summed E-state index contributed by atoms with van der Waals surface area (Å²) in [6, 6.07) is 12.9. The summed E-state index contributed by atoms with van der Waals surface area (Å²) in [5.41, 5.74) is 0.938. The van der Waals surface area contributed by atoms with E-state index in [4.69, 9.17) is 0 Å². The van der Waals surface area contributed by atoms with Gasteiger partial charge in [-0.3, -0.25) is 4.79 Å². The summed E-state index contributed by atoms with van der Waals surface area (Å²) in [6.07, 6.45) is -1.05. The van der Waals surface area contributed by atoms with Gasteiger partial charge in [0.15, 0.2) is 0 Å². The second kappa shape index (κ2) is 8.50. The van der Waals surface area contributed by atoms with Gasteiger partial charge in [-0.25, -0.2) is 0 Å². The lowest BCUT2D eigenvalue weighted by molar-refractivity contribution is -0.138. The van der Waals surface area contributed by atoms with E-state index in [1.54, 1.807) is 12.3 Å². The SMILES string of the molecule is CCCCNC(=O)CC(c1ccccc1C(F)(F)F)c1c[nH]c2ccccc12. The number of hydrogen-bond donors (Lipinski definition) is 2. The van der Waals surface area contributed by atoms with Crippen LogP contribution in [0, 0.1) is 0 Å². The third kappa shape index (κ3) is 4.38. The van der Waals surface area contributed by atoms with Crippen LogP contribution >= 0.6 is 0 Å². The lowest BCUT2D eigenvalue weighted by Gasteiger charge is -2.21. The predicted octanol–water partition coefficient (Wildman–Crippen LogP) is 5.63. The Bertz CT molecular complexity index is 946. The number of para-hydroxylation sites is 1. The number of halogens is 3. The quantitative estimate of drug-likeness (QED) is 0.507. The molecule has 0 fully saturated rings. The standard InChI is InChI=1S/C22H23F3N2O/c1-2-3-12-26-21(28)13-17(15-8-4-6-10-19(15)22(23,24)25)18-14-27-20-11-7-5-9-16(18)20/h4-11,14,17,27H,2-3,12-13H2,1H3,(H,26,28). The highest BCUT2D eigenvalue weighted by molar-refractivity contribution is 5.86. The highest BCUT2D eigenvalue weighted by Gasteiger charge is 2.36. The highest BCUT2D eigenvalue weighted by atomic mass is 19.4. The van der Waals surface area contributed by atoms with Gasteiger partial charge in [-0.15, -0.1) is 0 Å². The van der Waals surface area contributed by atoms with Gasteiger partial charge in [0.05, 0.1) is 5.56 Å². The molecule has 28 heavy (non-hydrogen) atoms. The molecule has 1 heterocycles. The van der Waals surface area contributed by atoms with Crippen molar-refractivity contribution < 1.29 is 18.0 Å². The fourth-order valence-corrected chi connectivity index (χ4v) is 3.49. The first-order valence-corrected chi connectivity index (χ1v) is 9.40. The van der Waals surface area contributed by atoms with E-state index in [1.165, 1.54) is 12.1 Å². The zero-order valence-electron chi connectivity index (χ0n) is 15.6. The van der Waals surface area contributed by atoms with E-state index in [0.717, 1.165) is 29.8 Å². The van der Waals surface area contributed by atoms with Crippen molar-refractivity contribution in [3.63, 3.8) is 0 Å². The molecule has 0 bridgehead atoms. The average molecular weight is 388 g/mol. The summed E-state index contributed by atoms with van der Waals surface area (Å²) in [7, 11) is 0. The number of aromatic amines is 1. The van der Waals surface area contributed by atoms with E-state index in [2.05, 4.69) is 10.3 Å². The number of nitrogens with one attached hydrogen (secondary N) is 2. The molecular formula is C22H23F3N2O. The maximum Gasteiger partial charge on any atom is 0.416 e. The summed E-state index contributed by atoms with van der Waals surface area (Å²) in [5.74, 6) is -0.948. The van der Waals surface area contributed by atoms with E-state index in [-0.39, 0.29) is 17.9 Å². The lowest BCUT2D eigenvalue weighted by Crippen LogP contribution is -2.27. The number of carbonyl (C=O) groups excluding carboxylic acids is 1. The zero-order valence-corrected chi connectivity index (χ0v) is 15.6. The molecule has 0 aliphatic heterocycles.